The molecule has 0 saturated carbocycles. The van der Waals surface area contributed by atoms with Gasteiger partial charge in [0.1, 0.15) is 5.69 Å². The molecule has 1 N–H and O–H groups in total. The molecule has 0 unspecified atom stereocenters. The Morgan fingerprint density at radius 3 is 2.54 bits per heavy atom. The number of nitrogens with zero attached hydrogens (tertiary/aromatic N) is 3. The van der Waals surface area contributed by atoms with E-state index >= 15 is 0 Å². The normalized spacial score (nSPS) is 13.9. The van der Waals surface area contributed by atoms with E-state index in [2.05, 4.69) is 15.2 Å². The molecule has 0 bridgehead atoms. The first-order valence-electron chi connectivity index (χ1n) is 9.00. The van der Waals surface area contributed by atoms with Gasteiger partial charge in [-0.3, -0.25) is 9.59 Å². The number of rotatable bonds is 4. The third-order valence-corrected chi connectivity index (χ3v) is 4.82. The summed E-state index contributed by atoms with van der Waals surface area (Å²) in [6.07, 6.45) is 0. The van der Waals surface area contributed by atoms with Crippen molar-refractivity contribution in [3.05, 3.63) is 52.3 Å². The van der Waals surface area contributed by atoms with Crippen LogP contribution in [0.15, 0.2) is 30.3 Å². The maximum atomic E-state index is 12.9. The number of aromatic nitrogens is 1. The van der Waals surface area contributed by atoms with Crippen molar-refractivity contribution in [3.8, 4) is 0 Å². The highest BCUT2D eigenvalue weighted by Gasteiger charge is 2.21. The van der Waals surface area contributed by atoms with Gasteiger partial charge >= 0.3 is 0 Å². The van der Waals surface area contributed by atoms with Crippen molar-refractivity contribution in [1.29, 1.82) is 0 Å². The van der Waals surface area contributed by atoms with Crippen molar-refractivity contribution in [3.63, 3.8) is 0 Å². The van der Waals surface area contributed by atoms with Crippen molar-refractivity contribution in [2.24, 2.45) is 0 Å². The third kappa shape index (κ3) is 4.26. The van der Waals surface area contributed by atoms with Crippen LogP contribution in [-0.4, -0.2) is 62.1 Å². The van der Waals surface area contributed by atoms with Crippen LogP contribution in [-0.2, 0) is 4.74 Å². The summed E-state index contributed by atoms with van der Waals surface area (Å²) >= 11 is 6.42. The fourth-order valence-corrected chi connectivity index (χ4v) is 3.36. The first-order valence-corrected chi connectivity index (χ1v) is 9.38. The van der Waals surface area contributed by atoms with Gasteiger partial charge in [-0.05, 0) is 31.2 Å². The topological polar surface area (TPSA) is 74.8 Å². The van der Waals surface area contributed by atoms with Crippen LogP contribution in [0, 0.1) is 6.92 Å². The Balaban J connectivity index is 1.86. The minimum Gasteiger partial charge on any atom is -0.378 e. The third-order valence-electron chi connectivity index (χ3n) is 4.52. The number of ether oxygens (including phenoxy) is 1. The molecule has 1 aromatic carbocycles. The summed E-state index contributed by atoms with van der Waals surface area (Å²) in [4.78, 5) is 32.8. The van der Waals surface area contributed by atoms with Crippen LogP contribution < -0.4 is 10.2 Å². The largest absolute Gasteiger partial charge is 0.378 e. The second-order valence-corrected chi connectivity index (χ2v) is 7.13. The quantitative estimate of drug-likeness (QED) is 0.851. The fourth-order valence-electron chi connectivity index (χ4n) is 3.06. The van der Waals surface area contributed by atoms with Gasteiger partial charge in [0.25, 0.3) is 11.8 Å². The van der Waals surface area contributed by atoms with Gasteiger partial charge < -0.3 is 19.9 Å². The molecule has 0 spiro atoms. The van der Waals surface area contributed by atoms with Crippen LogP contribution in [0.4, 0.5) is 11.4 Å². The number of benzene rings is 1. The number of para-hydroxylation sites is 1. The van der Waals surface area contributed by atoms with Crippen LogP contribution in [0.25, 0.3) is 0 Å². The molecule has 1 aliphatic rings. The van der Waals surface area contributed by atoms with Crippen molar-refractivity contribution < 1.29 is 14.3 Å². The summed E-state index contributed by atoms with van der Waals surface area (Å²) in [6.45, 7) is 4.34. The lowest BCUT2D eigenvalue weighted by Crippen LogP contribution is -2.37. The van der Waals surface area contributed by atoms with Gasteiger partial charge in [0, 0.05) is 27.2 Å². The standard InChI is InChI=1S/C20H23ClN4O3/c1-13-14(7-8-17(22-13)20(27)24(2)3)19(26)23-16-6-4-5-15(21)18(16)25-9-11-28-12-10-25/h4-8H,9-12H2,1-3H3,(H,23,26). The van der Waals surface area contributed by atoms with E-state index in [1.165, 1.54) is 4.90 Å². The van der Waals surface area contributed by atoms with Gasteiger partial charge in [0.15, 0.2) is 0 Å². The highest BCUT2D eigenvalue weighted by molar-refractivity contribution is 6.34. The average Bonchev–Trinajstić information content (AvgIpc) is 2.68. The van der Waals surface area contributed by atoms with Crippen molar-refractivity contribution in [1.82, 2.24) is 9.88 Å². The second-order valence-electron chi connectivity index (χ2n) is 6.72. The number of anilines is 2. The molecule has 1 aromatic heterocycles. The summed E-state index contributed by atoms with van der Waals surface area (Å²) in [5.74, 6) is -0.509. The molecule has 0 atom stereocenters. The number of carbonyl (C=O) groups is 2. The van der Waals surface area contributed by atoms with E-state index in [-0.39, 0.29) is 11.8 Å². The number of pyridine rings is 1. The van der Waals surface area contributed by atoms with Gasteiger partial charge in [-0.2, -0.15) is 0 Å². The maximum Gasteiger partial charge on any atom is 0.271 e. The first kappa shape index (κ1) is 20.1. The van der Waals surface area contributed by atoms with E-state index < -0.39 is 0 Å². The van der Waals surface area contributed by atoms with Gasteiger partial charge in [0.2, 0.25) is 0 Å². The summed E-state index contributed by atoms with van der Waals surface area (Å²) < 4.78 is 5.40. The summed E-state index contributed by atoms with van der Waals surface area (Å²) in [7, 11) is 3.32. The Morgan fingerprint density at radius 2 is 1.89 bits per heavy atom. The number of halogens is 1. The van der Waals surface area contributed by atoms with Crippen molar-refractivity contribution in [2.45, 2.75) is 6.92 Å². The van der Waals surface area contributed by atoms with E-state index in [1.807, 2.05) is 6.07 Å². The monoisotopic (exact) mass is 402 g/mol. The van der Waals surface area contributed by atoms with Gasteiger partial charge in [-0.15, -0.1) is 0 Å². The van der Waals surface area contributed by atoms with Crippen LogP contribution in [0.5, 0.6) is 0 Å². The molecule has 2 amide bonds. The lowest BCUT2D eigenvalue weighted by molar-refractivity contribution is 0.0821. The van der Waals surface area contributed by atoms with Crippen LogP contribution in [0.2, 0.25) is 5.02 Å². The molecular formula is C20H23ClN4O3. The Hall–Kier alpha value is -2.64. The molecule has 28 heavy (non-hydrogen) atoms. The molecular weight excluding hydrogens is 380 g/mol. The molecule has 0 aliphatic carbocycles. The van der Waals surface area contributed by atoms with Gasteiger partial charge in [0.05, 0.1) is 40.9 Å². The van der Waals surface area contributed by atoms with E-state index in [0.717, 1.165) is 5.69 Å². The first-order chi connectivity index (χ1) is 13.4. The molecule has 3 rings (SSSR count). The van der Waals surface area contributed by atoms with E-state index in [1.54, 1.807) is 45.3 Å². The van der Waals surface area contributed by atoms with E-state index in [9.17, 15) is 9.59 Å². The minimum absolute atomic E-state index is 0.209. The number of aryl methyl sites for hydroxylation is 1. The van der Waals surface area contributed by atoms with Crippen LogP contribution >= 0.6 is 11.6 Å². The van der Waals surface area contributed by atoms with Crippen molar-refractivity contribution in [2.75, 3.05) is 50.6 Å². The Bertz CT molecular complexity index is 895. The molecule has 1 aliphatic heterocycles. The summed E-state index contributed by atoms with van der Waals surface area (Å²) in [6, 6.07) is 8.60. The smallest absolute Gasteiger partial charge is 0.271 e. The van der Waals surface area contributed by atoms with Gasteiger partial charge in [-0.1, -0.05) is 17.7 Å². The molecule has 0 radical (unpaired) electrons. The number of carbonyl (C=O) groups excluding carboxylic acids is 2. The fraction of sp³-hybridized carbons (Fsp3) is 0.350. The Morgan fingerprint density at radius 1 is 1.18 bits per heavy atom. The summed E-state index contributed by atoms with van der Waals surface area (Å²) in [5, 5.41) is 3.51. The molecule has 8 heteroatoms. The van der Waals surface area contributed by atoms with Gasteiger partial charge in [-0.25, -0.2) is 4.98 Å². The molecule has 148 valence electrons. The highest BCUT2D eigenvalue weighted by atomic mass is 35.5. The molecule has 7 nitrogen and oxygen atoms in total. The SMILES string of the molecule is Cc1nc(C(=O)N(C)C)ccc1C(=O)Nc1cccc(Cl)c1N1CCOCC1. The zero-order chi connectivity index (χ0) is 20.3. The Labute approximate surface area is 169 Å². The van der Waals surface area contributed by atoms with Crippen molar-refractivity contribution >= 4 is 34.8 Å². The zero-order valence-corrected chi connectivity index (χ0v) is 16.9. The number of hydrogen-bond donors (Lipinski definition) is 1. The lowest BCUT2D eigenvalue weighted by atomic mass is 10.1. The predicted molar refractivity (Wildman–Crippen MR) is 109 cm³/mol. The predicted octanol–water partition coefficient (Wildman–Crippen LogP) is 2.83. The van der Waals surface area contributed by atoms with E-state index in [4.69, 9.17) is 16.3 Å². The maximum absolute atomic E-state index is 12.9. The number of morpholine rings is 1. The molecule has 2 aromatic rings. The number of hydrogen-bond acceptors (Lipinski definition) is 5. The van der Waals surface area contributed by atoms with Crippen LogP contribution in [0.3, 0.4) is 0 Å². The lowest BCUT2D eigenvalue weighted by Gasteiger charge is -2.31. The zero-order valence-electron chi connectivity index (χ0n) is 16.2. The number of amides is 2. The molecule has 1 saturated heterocycles. The summed E-state index contributed by atoms with van der Waals surface area (Å²) in [5.41, 5.74) is 2.61. The van der Waals surface area contributed by atoms with Crippen LogP contribution in [0.1, 0.15) is 26.5 Å². The molecule has 1 fully saturated rings. The Kier molecular flexibility index (Phi) is 6.16. The highest BCUT2D eigenvalue weighted by Crippen LogP contribution is 2.34. The average molecular weight is 403 g/mol. The molecule has 2 heterocycles. The second kappa shape index (κ2) is 8.58. The minimum atomic E-state index is -0.300. The van der Waals surface area contributed by atoms with E-state index in [0.29, 0.717) is 54.0 Å². The number of nitrogens with one attached hydrogen (secondary N) is 1.